The summed E-state index contributed by atoms with van der Waals surface area (Å²) in [4.78, 5) is 26.7. The third-order valence-corrected chi connectivity index (χ3v) is 2.87. The Morgan fingerprint density at radius 2 is 2.14 bits per heavy atom. The van der Waals surface area contributed by atoms with Gasteiger partial charge in [-0.25, -0.2) is 9.78 Å². The zero-order valence-corrected chi connectivity index (χ0v) is 12.3. The van der Waals surface area contributed by atoms with Gasteiger partial charge in [-0.2, -0.15) is 0 Å². The number of hydrogen-bond acceptors (Lipinski definition) is 5. The number of oxazole rings is 1. The van der Waals surface area contributed by atoms with Crippen molar-refractivity contribution in [2.75, 3.05) is 6.61 Å². The highest BCUT2D eigenvalue weighted by Gasteiger charge is 2.11. The van der Waals surface area contributed by atoms with Crippen LogP contribution in [0.25, 0.3) is 0 Å². The van der Waals surface area contributed by atoms with E-state index < -0.39 is 12.6 Å². The molecule has 1 amide bonds. The fourth-order valence-corrected chi connectivity index (χ4v) is 1.87. The van der Waals surface area contributed by atoms with E-state index in [9.17, 15) is 9.59 Å². The molecule has 116 valence electrons. The lowest BCUT2D eigenvalue weighted by Gasteiger charge is -2.07. The van der Waals surface area contributed by atoms with Gasteiger partial charge < -0.3 is 19.6 Å². The van der Waals surface area contributed by atoms with Gasteiger partial charge in [0.1, 0.15) is 11.5 Å². The lowest BCUT2D eigenvalue weighted by Crippen LogP contribution is -2.23. The summed E-state index contributed by atoms with van der Waals surface area (Å²) in [5, 5.41) is 11.3. The van der Waals surface area contributed by atoms with E-state index in [0.717, 1.165) is 5.69 Å². The van der Waals surface area contributed by atoms with E-state index >= 15 is 0 Å². The van der Waals surface area contributed by atoms with Crippen molar-refractivity contribution in [3.8, 4) is 5.75 Å². The first kappa shape index (κ1) is 15.6. The van der Waals surface area contributed by atoms with Crippen molar-refractivity contribution in [2.24, 2.45) is 0 Å². The number of carboxylic acid groups (broad SMARTS) is 1. The topological polar surface area (TPSA) is 102 Å². The number of aryl methyl sites for hydroxylation is 2. The number of carbonyl (C=O) groups excluding carboxylic acids is 1. The van der Waals surface area contributed by atoms with Crippen LogP contribution in [0, 0.1) is 13.8 Å². The smallest absolute Gasteiger partial charge is 0.341 e. The van der Waals surface area contributed by atoms with E-state index in [1.807, 2.05) is 0 Å². The molecule has 0 bridgehead atoms. The molecule has 1 aromatic carbocycles. The number of hydrogen-bond donors (Lipinski definition) is 2. The molecule has 1 heterocycles. The predicted octanol–water partition coefficient (Wildman–Crippen LogP) is 1.68. The summed E-state index contributed by atoms with van der Waals surface area (Å²) in [5.74, 6) is 0.0805. The van der Waals surface area contributed by atoms with Gasteiger partial charge in [0.05, 0.1) is 12.2 Å². The predicted molar refractivity (Wildman–Crippen MR) is 76.7 cm³/mol. The Kier molecular flexibility index (Phi) is 4.77. The summed E-state index contributed by atoms with van der Waals surface area (Å²) in [6.07, 6.45) is 0. The second-order valence-corrected chi connectivity index (χ2v) is 4.63. The molecule has 0 spiro atoms. The number of nitrogens with zero attached hydrogens (tertiary/aromatic N) is 1. The average Bonchev–Trinajstić information content (AvgIpc) is 2.81. The molecule has 0 saturated carbocycles. The zero-order valence-electron chi connectivity index (χ0n) is 12.3. The molecule has 22 heavy (non-hydrogen) atoms. The van der Waals surface area contributed by atoms with Gasteiger partial charge in [-0.3, -0.25) is 4.79 Å². The molecule has 0 radical (unpaired) electrons. The van der Waals surface area contributed by atoms with Crippen molar-refractivity contribution in [1.82, 2.24) is 10.3 Å². The van der Waals surface area contributed by atoms with E-state index in [-0.39, 0.29) is 12.5 Å². The molecule has 2 rings (SSSR count). The standard InChI is InChI=1S/C15H16N2O5/c1-9-13(22-10(2)17-9)7-16-15(20)11-4-3-5-12(6-11)21-8-14(18)19/h3-6H,7-8H2,1-2H3,(H,16,20)(H,18,19). The number of amides is 1. The van der Waals surface area contributed by atoms with E-state index in [0.29, 0.717) is 23.0 Å². The molecular formula is C15H16N2O5. The Bertz CT molecular complexity index is 693. The van der Waals surface area contributed by atoms with Gasteiger partial charge in [-0.15, -0.1) is 0 Å². The van der Waals surface area contributed by atoms with Gasteiger partial charge in [-0.05, 0) is 25.1 Å². The highest BCUT2D eigenvalue weighted by Crippen LogP contribution is 2.14. The monoisotopic (exact) mass is 304 g/mol. The second-order valence-electron chi connectivity index (χ2n) is 4.63. The van der Waals surface area contributed by atoms with Crippen LogP contribution in [0.1, 0.15) is 27.7 Å². The highest BCUT2D eigenvalue weighted by atomic mass is 16.5. The molecule has 0 atom stereocenters. The molecule has 2 N–H and O–H groups in total. The van der Waals surface area contributed by atoms with E-state index in [1.54, 1.807) is 32.0 Å². The molecular weight excluding hydrogens is 288 g/mol. The van der Waals surface area contributed by atoms with Gasteiger partial charge in [0, 0.05) is 12.5 Å². The van der Waals surface area contributed by atoms with E-state index in [4.69, 9.17) is 14.3 Å². The van der Waals surface area contributed by atoms with Crippen molar-refractivity contribution in [2.45, 2.75) is 20.4 Å². The largest absolute Gasteiger partial charge is 0.482 e. The maximum atomic E-state index is 12.1. The molecule has 0 unspecified atom stereocenters. The van der Waals surface area contributed by atoms with Crippen LogP contribution < -0.4 is 10.1 Å². The molecule has 7 nitrogen and oxygen atoms in total. The van der Waals surface area contributed by atoms with Crippen LogP contribution in [0.5, 0.6) is 5.75 Å². The van der Waals surface area contributed by atoms with Crippen LogP contribution >= 0.6 is 0 Å². The first-order valence-corrected chi connectivity index (χ1v) is 6.61. The number of rotatable bonds is 6. The summed E-state index contributed by atoms with van der Waals surface area (Å²) in [6.45, 7) is 3.31. The minimum absolute atomic E-state index is 0.228. The minimum Gasteiger partial charge on any atom is -0.482 e. The van der Waals surface area contributed by atoms with Crippen LogP contribution in [-0.4, -0.2) is 28.6 Å². The fraction of sp³-hybridized carbons (Fsp3) is 0.267. The molecule has 7 heteroatoms. The number of ether oxygens (including phenoxy) is 1. The lowest BCUT2D eigenvalue weighted by atomic mass is 10.2. The minimum atomic E-state index is -1.08. The van der Waals surface area contributed by atoms with Gasteiger partial charge >= 0.3 is 5.97 Å². The Morgan fingerprint density at radius 1 is 1.36 bits per heavy atom. The van der Waals surface area contributed by atoms with Crippen LogP contribution in [0.3, 0.4) is 0 Å². The van der Waals surface area contributed by atoms with Crippen LogP contribution in [-0.2, 0) is 11.3 Å². The molecule has 0 aliphatic carbocycles. The van der Waals surface area contributed by atoms with E-state index in [2.05, 4.69) is 10.3 Å². The van der Waals surface area contributed by atoms with Crippen LogP contribution in [0.2, 0.25) is 0 Å². The SMILES string of the molecule is Cc1nc(C)c(CNC(=O)c2cccc(OCC(=O)O)c2)o1. The molecule has 0 fully saturated rings. The van der Waals surface area contributed by atoms with Gasteiger partial charge in [0.15, 0.2) is 12.5 Å². The Labute approximate surface area is 126 Å². The highest BCUT2D eigenvalue weighted by molar-refractivity contribution is 5.94. The van der Waals surface area contributed by atoms with Crippen molar-refractivity contribution in [3.05, 3.63) is 47.2 Å². The van der Waals surface area contributed by atoms with Crippen molar-refractivity contribution >= 4 is 11.9 Å². The molecule has 1 aromatic heterocycles. The van der Waals surface area contributed by atoms with E-state index in [1.165, 1.54) is 6.07 Å². The summed E-state index contributed by atoms with van der Waals surface area (Å²) in [5.41, 5.74) is 1.10. The molecule has 0 aliphatic heterocycles. The zero-order chi connectivity index (χ0) is 16.1. The summed E-state index contributed by atoms with van der Waals surface area (Å²) in [7, 11) is 0. The first-order chi connectivity index (χ1) is 10.5. The van der Waals surface area contributed by atoms with Crippen LogP contribution in [0.4, 0.5) is 0 Å². The average molecular weight is 304 g/mol. The van der Waals surface area contributed by atoms with Crippen molar-refractivity contribution in [1.29, 1.82) is 0 Å². The molecule has 0 saturated heterocycles. The normalized spacial score (nSPS) is 10.3. The summed E-state index contributed by atoms with van der Waals surface area (Å²) < 4.78 is 10.4. The van der Waals surface area contributed by atoms with Crippen molar-refractivity contribution < 1.29 is 23.8 Å². The molecule has 0 aliphatic rings. The van der Waals surface area contributed by atoms with Crippen LogP contribution in [0.15, 0.2) is 28.7 Å². The molecule has 2 aromatic rings. The maximum Gasteiger partial charge on any atom is 0.341 e. The third kappa shape index (κ3) is 4.08. The fourth-order valence-electron chi connectivity index (χ4n) is 1.87. The lowest BCUT2D eigenvalue weighted by molar-refractivity contribution is -0.139. The number of aliphatic carboxylic acids is 1. The third-order valence-electron chi connectivity index (χ3n) is 2.87. The number of carboxylic acids is 1. The summed E-state index contributed by atoms with van der Waals surface area (Å²) in [6, 6.07) is 6.30. The first-order valence-electron chi connectivity index (χ1n) is 6.61. The van der Waals surface area contributed by atoms with Crippen molar-refractivity contribution in [3.63, 3.8) is 0 Å². The maximum absolute atomic E-state index is 12.1. The number of nitrogens with one attached hydrogen (secondary N) is 1. The Balaban J connectivity index is 1.98. The quantitative estimate of drug-likeness (QED) is 0.842. The number of carbonyl (C=O) groups is 2. The summed E-state index contributed by atoms with van der Waals surface area (Å²) >= 11 is 0. The second kappa shape index (κ2) is 6.75. The van der Waals surface area contributed by atoms with Gasteiger partial charge in [0.2, 0.25) is 0 Å². The Morgan fingerprint density at radius 3 is 2.77 bits per heavy atom. The van der Waals surface area contributed by atoms with Gasteiger partial charge in [-0.1, -0.05) is 6.07 Å². The number of aromatic nitrogens is 1. The van der Waals surface area contributed by atoms with Gasteiger partial charge in [0.25, 0.3) is 5.91 Å². The Hall–Kier alpha value is -2.83. The number of benzene rings is 1.